The number of carbonyl (C=O) groups is 1. The number of carboxylic acids is 1. The zero-order valence-corrected chi connectivity index (χ0v) is 11.4. The third-order valence-corrected chi connectivity index (χ3v) is 4.01. The first-order chi connectivity index (χ1) is 8.87. The van der Waals surface area contributed by atoms with Crippen LogP contribution in [0.2, 0.25) is 0 Å². The molecule has 0 unspecified atom stereocenters. The first kappa shape index (κ1) is 15.0. The quantitative estimate of drug-likeness (QED) is 0.794. The van der Waals surface area contributed by atoms with Gasteiger partial charge < -0.3 is 14.6 Å². The molecule has 0 atom stereocenters. The van der Waals surface area contributed by atoms with E-state index in [9.17, 15) is 13.2 Å². The molecule has 0 aliphatic rings. The number of aromatic carboxylic acids is 1. The van der Waals surface area contributed by atoms with Gasteiger partial charge in [0.25, 0.3) is 0 Å². The van der Waals surface area contributed by atoms with Crippen LogP contribution in [0, 0.1) is 0 Å². The highest BCUT2D eigenvalue weighted by molar-refractivity contribution is 7.91. The summed E-state index contributed by atoms with van der Waals surface area (Å²) in [6, 6.07) is 2.27. The summed E-state index contributed by atoms with van der Waals surface area (Å²) in [4.78, 5) is 11.0. The van der Waals surface area contributed by atoms with Gasteiger partial charge in [0, 0.05) is 6.07 Å². The van der Waals surface area contributed by atoms with Gasteiger partial charge in [-0.1, -0.05) is 6.08 Å². The average molecular weight is 286 g/mol. The highest BCUT2D eigenvalue weighted by Gasteiger charge is 2.22. The zero-order valence-electron chi connectivity index (χ0n) is 10.5. The monoisotopic (exact) mass is 286 g/mol. The Morgan fingerprint density at radius 2 is 2.00 bits per heavy atom. The molecule has 0 saturated heterocycles. The summed E-state index contributed by atoms with van der Waals surface area (Å²) in [5, 5.41) is 9.09. The van der Waals surface area contributed by atoms with E-state index in [0.717, 1.165) is 6.07 Å². The number of benzene rings is 1. The lowest BCUT2D eigenvalue weighted by atomic mass is 10.2. The van der Waals surface area contributed by atoms with E-state index in [1.807, 2.05) is 0 Å². The Kier molecular flexibility index (Phi) is 4.55. The molecule has 1 rings (SSSR count). The minimum atomic E-state index is -3.64. The normalized spacial score (nSPS) is 10.8. The summed E-state index contributed by atoms with van der Waals surface area (Å²) in [5.41, 5.74) is -0.274. The van der Waals surface area contributed by atoms with Gasteiger partial charge in [-0.3, -0.25) is 0 Å². The number of carboxylic acid groups (broad SMARTS) is 1. The molecule has 1 aromatic carbocycles. The Hall–Kier alpha value is -2.02. The van der Waals surface area contributed by atoms with Gasteiger partial charge in [0.15, 0.2) is 21.3 Å². The second kappa shape index (κ2) is 5.75. The number of ether oxygens (including phenoxy) is 2. The molecule has 1 N–H and O–H groups in total. The SMILES string of the molecule is C=CCS(=O)(=O)c1cc(OC)c(OC)c(C(=O)O)c1. The smallest absolute Gasteiger partial charge is 0.339 e. The van der Waals surface area contributed by atoms with Crippen LogP contribution in [0.3, 0.4) is 0 Å². The molecule has 0 radical (unpaired) electrons. The van der Waals surface area contributed by atoms with Crippen LogP contribution in [-0.2, 0) is 9.84 Å². The molecule has 0 fully saturated rings. The van der Waals surface area contributed by atoms with E-state index in [0.29, 0.717) is 0 Å². The first-order valence-corrected chi connectivity index (χ1v) is 6.85. The molecule has 1 aromatic rings. The fourth-order valence-corrected chi connectivity index (χ4v) is 2.62. The molecule has 0 saturated carbocycles. The van der Waals surface area contributed by atoms with Crippen molar-refractivity contribution in [1.29, 1.82) is 0 Å². The molecule has 0 amide bonds. The van der Waals surface area contributed by atoms with Gasteiger partial charge in [-0.05, 0) is 6.07 Å². The predicted octanol–water partition coefficient (Wildman–Crippen LogP) is 1.36. The largest absolute Gasteiger partial charge is 0.493 e. The van der Waals surface area contributed by atoms with Crippen molar-refractivity contribution in [2.75, 3.05) is 20.0 Å². The van der Waals surface area contributed by atoms with Crippen molar-refractivity contribution in [2.24, 2.45) is 0 Å². The Morgan fingerprint density at radius 1 is 1.37 bits per heavy atom. The minimum Gasteiger partial charge on any atom is -0.493 e. The maximum atomic E-state index is 11.9. The van der Waals surface area contributed by atoms with Crippen LogP contribution in [-0.4, -0.2) is 39.5 Å². The Bertz CT molecular complexity index is 603. The van der Waals surface area contributed by atoms with E-state index in [1.165, 1.54) is 26.4 Å². The molecular weight excluding hydrogens is 272 g/mol. The Morgan fingerprint density at radius 3 is 2.42 bits per heavy atom. The van der Waals surface area contributed by atoms with Gasteiger partial charge in [0.05, 0.1) is 24.9 Å². The van der Waals surface area contributed by atoms with Crippen molar-refractivity contribution in [3.05, 3.63) is 30.4 Å². The summed E-state index contributed by atoms with van der Waals surface area (Å²) < 4.78 is 33.7. The molecule has 0 aliphatic heterocycles. The molecule has 0 heterocycles. The van der Waals surface area contributed by atoms with E-state index in [2.05, 4.69) is 6.58 Å². The Labute approximate surface area is 111 Å². The topological polar surface area (TPSA) is 89.9 Å². The lowest BCUT2D eigenvalue weighted by Gasteiger charge is -2.12. The second-order valence-corrected chi connectivity index (χ2v) is 5.62. The lowest BCUT2D eigenvalue weighted by molar-refractivity contribution is 0.0692. The van der Waals surface area contributed by atoms with E-state index in [4.69, 9.17) is 14.6 Å². The van der Waals surface area contributed by atoms with Gasteiger partial charge in [-0.25, -0.2) is 13.2 Å². The summed E-state index contributed by atoms with van der Waals surface area (Å²) in [6.45, 7) is 3.35. The lowest BCUT2D eigenvalue weighted by Crippen LogP contribution is -2.09. The average Bonchev–Trinajstić information content (AvgIpc) is 2.36. The summed E-state index contributed by atoms with van der Waals surface area (Å²) in [5.74, 6) is -1.56. The van der Waals surface area contributed by atoms with Gasteiger partial charge >= 0.3 is 5.97 Å². The van der Waals surface area contributed by atoms with Crippen LogP contribution >= 0.6 is 0 Å². The van der Waals surface area contributed by atoms with Crippen molar-refractivity contribution in [3.8, 4) is 11.5 Å². The number of hydrogen-bond acceptors (Lipinski definition) is 5. The highest BCUT2D eigenvalue weighted by Crippen LogP contribution is 2.34. The van der Waals surface area contributed by atoms with Gasteiger partial charge in [0.1, 0.15) is 5.56 Å². The van der Waals surface area contributed by atoms with Crippen molar-refractivity contribution in [1.82, 2.24) is 0 Å². The molecule has 0 aromatic heterocycles. The summed E-state index contributed by atoms with van der Waals surface area (Å²) in [7, 11) is -1.06. The predicted molar refractivity (Wildman–Crippen MR) is 68.8 cm³/mol. The molecule has 6 nitrogen and oxygen atoms in total. The van der Waals surface area contributed by atoms with Gasteiger partial charge in [-0.15, -0.1) is 6.58 Å². The molecular formula is C12H14O6S. The van der Waals surface area contributed by atoms with Crippen LogP contribution in [0.4, 0.5) is 0 Å². The summed E-state index contributed by atoms with van der Waals surface area (Å²) in [6.07, 6.45) is 1.23. The molecule has 0 spiro atoms. The van der Waals surface area contributed by atoms with E-state index in [-0.39, 0.29) is 27.7 Å². The van der Waals surface area contributed by atoms with E-state index >= 15 is 0 Å². The van der Waals surface area contributed by atoms with Gasteiger partial charge in [-0.2, -0.15) is 0 Å². The van der Waals surface area contributed by atoms with Crippen molar-refractivity contribution >= 4 is 15.8 Å². The first-order valence-electron chi connectivity index (χ1n) is 5.20. The molecule has 0 bridgehead atoms. The van der Waals surface area contributed by atoms with Crippen molar-refractivity contribution < 1.29 is 27.8 Å². The Balaban J connectivity index is 3.58. The van der Waals surface area contributed by atoms with Crippen LogP contribution in [0.5, 0.6) is 11.5 Å². The van der Waals surface area contributed by atoms with Crippen LogP contribution in [0.25, 0.3) is 0 Å². The molecule has 19 heavy (non-hydrogen) atoms. The number of hydrogen-bond donors (Lipinski definition) is 1. The maximum Gasteiger partial charge on any atom is 0.339 e. The summed E-state index contributed by atoms with van der Waals surface area (Å²) >= 11 is 0. The molecule has 0 aliphatic carbocycles. The number of rotatable bonds is 6. The van der Waals surface area contributed by atoms with E-state index in [1.54, 1.807) is 0 Å². The van der Waals surface area contributed by atoms with E-state index < -0.39 is 15.8 Å². The van der Waals surface area contributed by atoms with Crippen LogP contribution < -0.4 is 9.47 Å². The number of sulfone groups is 1. The fraction of sp³-hybridized carbons (Fsp3) is 0.250. The fourth-order valence-electron chi connectivity index (χ4n) is 1.53. The van der Waals surface area contributed by atoms with Gasteiger partial charge in [0.2, 0.25) is 0 Å². The van der Waals surface area contributed by atoms with Crippen LogP contribution in [0.1, 0.15) is 10.4 Å². The standard InChI is InChI=1S/C12H14O6S/c1-4-5-19(15,16)8-6-9(12(13)14)11(18-3)10(7-8)17-2/h4,6-7H,1,5H2,2-3H3,(H,13,14). The van der Waals surface area contributed by atoms with Crippen molar-refractivity contribution in [2.45, 2.75) is 4.90 Å². The number of methoxy groups -OCH3 is 2. The van der Waals surface area contributed by atoms with Crippen LogP contribution in [0.15, 0.2) is 29.7 Å². The minimum absolute atomic E-state index is 0.0208. The third-order valence-electron chi connectivity index (χ3n) is 2.38. The zero-order chi connectivity index (χ0) is 14.6. The maximum absolute atomic E-state index is 11.9. The third kappa shape index (κ3) is 3.05. The van der Waals surface area contributed by atoms with Crippen molar-refractivity contribution in [3.63, 3.8) is 0 Å². The highest BCUT2D eigenvalue weighted by atomic mass is 32.2. The molecule has 104 valence electrons. The second-order valence-electron chi connectivity index (χ2n) is 3.58. The molecule has 7 heteroatoms.